The number of aliphatic hydroxyl groups is 1. The fourth-order valence-electron chi connectivity index (χ4n) is 3.91. The van der Waals surface area contributed by atoms with E-state index >= 15 is 0 Å². The number of thiophene rings is 1. The lowest BCUT2D eigenvalue weighted by molar-refractivity contribution is -0.140. The molecular weight excluding hydrogens is 414 g/mol. The first-order valence-corrected chi connectivity index (χ1v) is 10.8. The Kier molecular flexibility index (Phi) is 4.95. The van der Waals surface area contributed by atoms with E-state index in [2.05, 4.69) is 0 Å². The number of nitrogens with zero attached hydrogens (tertiary/aromatic N) is 1. The van der Waals surface area contributed by atoms with Gasteiger partial charge in [-0.25, -0.2) is 0 Å². The SMILES string of the molecule is O=C1C(=O)N(Cc2ccccc2)C(c2cccs2)/C1=C(\O)c1ccc2c(c1)OCCO2. The summed E-state index contributed by atoms with van der Waals surface area (Å²) in [6.07, 6.45) is 0. The number of likely N-dealkylation sites (tertiary alicyclic amines) is 1. The summed E-state index contributed by atoms with van der Waals surface area (Å²) in [6.45, 7) is 1.14. The molecule has 6 nitrogen and oxygen atoms in total. The average Bonchev–Trinajstić information content (AvgIpc) is 3.42. The first-order chi connectivity index (χ1) is 15.1. The van der Waals surface area contributed by atoms with Crippen LogP contribution in [-0.4, -0.2) is 34.9 Å². The van der Waals surface area contributed by atoms with Crippen molar-refractivity contribution < 1.29 is 24.2 Å². The highest BCUT2D eigenvalue weighted by Crippen LogP contribution is 2.43. The van der Waals surface area contributed by atoms with Gasteiger partial charge in [0.1, 0.15) is 19.0 Å². The van der Waals surface area contributed by atoms with Crippen molar-refractivity contribution in [3.63, 3.8) is 0 Å². The Morgan fingerprint density at radius 1 is 1.00 bits per heavy atom. The normalized spacial score (nSPS) is 19.6. The largest absolute Gasteiger partial charge is 0.507 e. The van der Waals surface area contributed by atoms with E-state index in [0.29, 0.717) is 30.3 Å². The van der Waals surface area contributed by atoms with Gasteiger partial charge >= 0.3 is 0 Å². The quantitative estimate of drug-likeness (QED) is 0.380. The third kappa shape index (κ3) is 3.47. The molecule has 1 N–H and O–H groups in total. The third-order valence-electron chi connectivity index (χ3n) is 5.36. The van der Waals surface area contributed by atoms with Crippen LogP contribution in [-0.2, 0) is 16.1 Å². The van der Waals surface area contributed by atoms with Crippen LogP contribution < -0.4 is 9.47 Å². The van der Waals surface area contributed by atoms with E-state index in [-0.39, 0.29) is 17.9 Å². The van der Waals surface area contributed by atoms with Crippen LogP contribution >= 0.6 is 11.3 Å². The molecule has 31 heavy (non-hydrogen) atoms. The molecule has 2 aliphatic heterocycles. The highest BCUT2D eigenvalue weighted by atomic mass is 32.1. The summed E-state index contributed by atoms with van der Waals surface area (Å²) in [4.78, 5) is 28.4. The van der Waals surface area contributed by atoms with Crippen molar-refractivity contribution in [1.82, 2.24) is 4.90 Å². The Morgan fingerprint density at radius 3 is 2.52 bits per heavy atom. The van der Waals surface area contributed by atoms with Crippen molar-refractivity contribution in [2.45, 2.75) is 12.6 Å². The molecule has 0 spiro atoms. The molecule has 3 aromatic rings. The second-order valence-corrected chi connectivity index (χ2v) is 8.27. The van der Waals surface area contributed by atoms with Gasteiger partial charge in [-0.1, -0.05) is 36.4 Å². The molecule has 0 bridgehead atoms. The van der Waals surface area contributed by atoms with E-state index < -0.39 is 17.7 Å². The number of rotatable bonds is 4. The van der Waals surface area contributed by atoms with Crippen LogP contribution in [0, 0.1) is 0 Å². The predicted octanol–water partition coefficient (Wildman–Crippen LogP) is 4.14. The molecule has 0 aliphatic carbocycles. The van der Waals surface area contributed by atoms with Gasteiger partial charge in [0.25, 0.3) is 11.7 Å². The number of carbonyl (C=O) groups is 2. The van der Waals surface area contributed by atoms with Crippen LogP contribution in [0.2, 0.25) is 0 Å². The molecule has 7 heteroatoms. The van der Waals surface area contributed by atoms with Gasteiger partial charge in [0.05, 0.1) is 11.6 Å². The molecule has 1 fully saturated rings. The van der Waals surface area contributed by atoms with Crippen molar-refractivity contribution in [3.05, 3.63) is 87.6 Å². The van der Waals surface area contributed by atoms with Crippen molar-refractivity contribution in [2.24, 2.45) is 0 Å². The number of Topliss-reactive ketones (excluding diaryl/α,β-unsaturated/α-hetero) is 1. The summed E-state index contributed by atoms with van der Waals surface area (Å²) in [5.74, 6) is -0.448. The topological polar surface area (TPSA) is 76.1 Å². The second kappa shape index (κ2) is 7.92. The molecule has 1 saturated heterocycles. The fraction of sp³-hybridized carbons (Fsp3) is 0.167. The zero-order valence-electron chi connectivity index (χ0n) is 16.5. The summed E-state index contributed by atoms with van der Waals surface area (Å²) in [5.41, 5.74) is 1.40. The lowest BCUT2D eigenvalue weighted by Crippen LogP contribution is -2.28. The Balaban J connectivity index is 1.60. The first-order valence-electron chi connectivity index (χ1n) is 9.89. The maximum Gasteiger partial charge on any atom is 0.295 e. The minimum atomic E-state index is -0.693. The molecule has 0 saturated carbocycles. The van der Waals surface area contributed by atoms with Gasteiger partial charge in [-0.2, -0.15) is 0 Å². The van der Waals surface area contributed by atoms with Crippen LogP contribution in [0.15, 0.2) is 71.6 Å². The molecule has 1 aromatic heterocycles. The Labute approximate surface area is 183 Å². The number of amides is 1. The van der Waals surface area contributed by atoms with E-state index in [0.717, 1.165) is 10.4 Å². The smallest absolute Gasteiger partial charge is 0.295 e. The number of aliphatic hydroxyl groups excluding tert-OH is 1. The number of fused-ring (bicyclic) bond motifs is 1. The minimum Gasteiger partial charge on any atom is -0.507 e. The summed E-state index contributed by atoms with van der Waals surface area (Å²) in [7, 11) is 0. The maximum absolute atomic E-state index is 13.1. The van der Waals surface area contributed by atoms with Gasteiger partial charge in [0.15, 0.2) is 11.5 Å². The zero-order chi connectivity index (χ0) is 21.4. The first kappa shape index (κ1) is 19.4. The Bertz CT molecular complexity index is 1170. The number of ether oxygens (including phenoxy) is 2. The second-order valence-electron chi connectivity index (χ2n) is 7.29. The van der Waals surface area contributed by atoms with Gasteiger partial charge in [0, 0.05) is 17.0 Å². The van der Waals surface area contributed by atoms with Crippen molar-refractivity contribution >= 4 is 28.8 Å². The van der Waals surface area contributed by atoms with Crippen LogP contribution in [0.3, 0.4) is 0 Å². The number of benzene rings is 2. The van der Waals surface area contributed by atoms with E-state index in [1.807, 2.05) is 47.8 Å². The third-order valence-corrected chi connectivity index (χ3v) is 6.29. The van der Waals surface area contributed by atoms with E-state index in [1.165, 1.54) is 16.2 Å². The molecule has 1 amide bonds. The summed E-state index contributed by atoms with van der Waals surface area (Å²) < 4.78 is 11.1. The summed E-state index contributed by atoms with van der Waals surface area (Å²) in [5, 5.41) is 13.0. The highest BCUT2D eigenvalue weighted by molar-refractivity contribution is 7.10. The number of hydrogen-bond donors (Lipinski definition) is 1. The Hall–Kier alpha value is -3.58. The minimum absolute atomic E-state index is 0.0834. The number of hydrogen-bond acceptors (Lipinski definition) is 6. The standard InChI is InChI=1S/C24H19NO5S/c26-22(16-8-9-17-18(13-16)30-11-10-29-17)20-21(19-7-4-12-31-19)25(24(28)23(20)27)14-15-5-2-1-3-6-15/h1-9,12-13,21,26H,10-11,14H2/b22-20+. The highest BCUT2D eigenvalue weighted by Gasteiger charge is 2.46. The van der Waals surface area contributed by atoms with Crippen molar-refractivity contribution in [3.8, 4) is 11.5 Å². The summed E-state index contributed by atoms with van der Waals surface area (Å²) in [6, 6.07) is 17.6. The predicted molar refractivity (Wildman–Crippen MR) is 116 cm³/mol. The van der Waals surface area contributed by atoms with Crippen LogP contribution in [0.25, 0.3) is 5.76 Å². The average molecular weight is 433 g/mol. The molecule has 156 valence electrons. The van der Waals surface area contributed by atoms with Crippen molar-refractivity contribution in [1.29, 1.82) is 0 Å². The maximum atomic E-state index is 13.1. The van der Waals surface area contributed by atoms with E-state index in [9.17, 15) is 14.7 Å². The monoisotopic (exact) mass is 433 g/mol. The molecule has 1 unspecified atom stereocenters. The fourth-order valence-corrected chi connectivity index (χ4v) is 4.76. The number of ketones is 1. The summed E-state index contributed by atoms with van der Waals surface area (Å²) >= 11 is 1.44. The van der Waals surface area contributed by atoms with Gasteiger partial charge < -0.3 is 19.5 Å². The van der Waals surface area contributed by atoms with Gasteiger partial charge in [-0.3, -0.25) is 9.59 Å². The lowest BCUT2D eigenvalue weighted by atomic mass is 9.99. The van der Waals surface area contributed by atoms with Gasteiger partial charge in [-0.05, 0) is 35.2 Å². The molecule has 1 atom stereocenters. The van der Waals surface area contributed by atoms with E-state index in [1.54, 1.807) is 18.2 Å². The number of carbonyl (C=O) groups excluding carboxylic acids is 2. The molecular formula is C24H19NO5S. The van der Waals surface area contributed by atoms with Crippen LogP contribution in [0.1, 0.15) is 22.0 Å². The van der Waals surface area contributed by atoms with Crippen molar-refractivity contribution in [2.75, 3.05) is 13.2 Å². The molecule has 2 aliphatic rings. The van der Waals surface area contributed by atoms with Gasteiger partial charge in [0.2, 0.25) is 0 Å². The zero-order valence-corrected chi connectivity index (χ0v) is 17.3. The Morgan fingerprint density at radius 2 is 1.77 bits per heavy atom. The lowest BCUT2D eigenvalue weighted by Gasteiger charge is -2.24. The molecule has 3 heterocycles. The molecule has 0 radical (unpaired) electrons. The molecule has 2 aromatic carbocycles. The van der Waals surface area contributed by atoms with Crippen LogP contribution in [0.5, 0.6) is 11.5 Å². The van der Waals surface area contributed by atoms with E-state index in [4.69, 9.17) is 9.47 Å². The molecule has 5 rings (SSSR count). The van der Waals surface area contributed by atoms with Crippen LogP contribution in [0.4, 0.5) is 0 Å². The van der Waals surface area contributed by atoms with Gasteiger partial charge in [-0.15, -0.1) is 11.3 Å².